The highest BCUT2D eigenvalue weighted by Gasteiger charge is 2.86. The van der Waals surface area contributed by atoms with E-state index in [0.29, 0.717) is 37.0 Å². The number of aliphatic hydroxyl groups excluding tert-OH is 2. The Hall–Kier alpha value is -3.30. The van der Waals surface area contributed by atoms with E-state index in [9.17, 15) is 30.0 Å². The summed E-state index contributed by atoms with van der Waals surface area (Å²) in [4.78, 5) is 26.4. The van der Waals surface area contributed by atoms with Gasteiger partial charge in [-0.05, 0) is 119 Å². The molecule has 4 saturated heterocycles. The predicted octanol–water partition coefficient (Wildman–Crippen LogP) is 6.18. The van der Waals surface area contributed by atoms with Gasteiger partial charge in [0.25, 0.3) is 0 Å². The third kappa shape index (κ3) is 6.96. The first kappa shape index (κ1) is 44.9. The normalized spacial score (nSPS) is 49.9. The second kappa shape index (κ2) is 15.4. The van der Waals surface area contributed by atoms with Crippen LogP contribution in [-0.4, -0.2) is 118 Å². The Morgan fingerprint density at radius 2 is 1.70 bits per heavy atom. The van der Waals surface area contributed by atoms with Gasteiger partial charge < -0.3 is 53.6 Å². The van der Waals surface area contributed by atoms with Crippen molar-refractivity contribution >= 4 is 11.9 Å². The van der Waals surface area contributed by atoms with Crippen LogP contribution in [0.25, 0.3) is 0 Å². The molecule has 0 radical (unpaired) electrons. The summed E-state index contributed by atoms with van der Waals surface area (Å²) in [7, 11) is 0. The summed E-state index contributed by atoms with van der Waals surface area (Å²) < 4.78 is 42.6. The average molecular weight is 877 g/mol. The highest BCUT2D eigenvalue weighted by molar-refractivity contribution is 5.82. The monoisotopic (exact) mass is 876 g/mol. The SMILES string of the molecule is CC1=CCC[C@H]2[C@](C)(Cc3cc(O)ccc3O)[C@@H](C)CC[C@]12C.C[C@@H](O)[C@H]1/C=C/C=C\C(=O)O[C@@H]2C[C@H]3O[C@@H]4[C@@H]5O[C@]5(C)CC[C@]4(COC(=O)[C@H]4O[C@]4(C)[C@@H](O)CO1)[C@]2(C)C31CO1. The molecular weight excluding hydrogens is 809 g/mol. The maximum Gasteiger partial charge on any atom is 0.338 e. The average Bonchev–Trinajstić information content (AvgIpc) is 4.17. The maximum absolute atomic E-state index is 13.4. The maximum atomic E-state index is 13.4. The van der Waals surface area contributed by atoms with E-state index in [2.05, 4.69) is 47.6 Å². The number of aromatic hydroxyl groups is 2. The van der Waals surface area contributed by atoms with Crippen LogP contribution in [0.4, 0.5) is 0 Å². The van der Waals surface area contributed by atoms with Gasteiger partial charge in [-0.3, -0.25) is 0 Å². The number of benzene rings is 1. The van der Waals surface area contributed by atoms with Crippen LogP contribution in [0, 0.1) is 33.5 Å². The molecule has 2 bridgehead atoms. The Bertz CT molecular complexity index is 2080. The number of aliphatic hydroxyl groups is 2. The van der Waals surface area contributed by atoms with Gasteiger partial charge in [-0.1, -0.05) is 57.6 Å². The van der Waals surface area contributed by atoms with Gasteiger partial charge in [0.05, 0.1) is 42.5 Å². The Morgan fingerprint density at radius 1 is 0.937 bits per heavy atom. The number of cyclic esters (lactones) is 1. The number of phenolic OH excluding ortho intramolecular Hbond substituents is 2. The summed E-state index contributed by atoms with van der Waals surface area (Å²) in [5, 5.41) is 41.0. The largest absolute Gasteiger partial charge is 0.508 e. The molecule has 346 valence electrons. The molecule has 0 amide bonds. The van der Waals surface area contributed by atoms with Crippen molar-refractivity contribution in [2.45, 2.75) is 172 Å². The van der Waals surface area contributed by atoms with Gasteiger partial charge in [0, 0.05) is 17.9 Å². The highest BCUT2D eigenvalue weighted by Crippen LogP contribution is 2.75. The van der Waals surface area contributed by atoms with Gasteiger partial charge in [-0.15, -0.1) is 0 Å². The van der Waals surface area contributed by atoms with E-state index in [1.54, 1.807) is 49.8 Å². The number of hydrogen-bond donors (Lipinski definition) is 4. The second-order valence-corrected chi connectivity index (χ2v) is 21.6. The first-order valence-corrected chi connectivity index (χ1v) is 23.2. The van der Waals surface area contributed by atoms with Crippen LogP contribution in [0.5, 0.6) is 11.5 Å². The standard InChI is InChI=1S/C29H38O11.C21H30O2/c1-15(30)16-7-5-6-8-20(32)37-18-11-19-29(14-36-29)27(18,4)28(10-9-25(2)21(39-25)22(28)38-19)13-35-24(33)23-26(3,40-23)17(31)12-34-16;1-14-6-5-7-19-20(14,3)11-10-15(2)21(19,4)13-16-12-17(22)8-9-18(16)23/h5-8,15-19,21-23,30-31H,9-14H2,1-4H3;6,8-9,12,15,19,22-23H,5,7,10-11,13H2,1-4H3/b7-5+,8-6-;/t15-,16-,17+,18-,19-,21+,22-,23-,25-,26-,27-,28-,29?;15-,19+,20+,21+/m10/s1. The van der Waals surface area contributed by atoms with Crippen LogP contribution in [0.15, 0.2) is 54.2 Å². The number of allylic oxidation sites excluding steroid dienone is 4. The third-order valence-electron chi connectivity index (χ3n) is 18.3. The highest BCUT2D eigenvalue weighted by atomic mass is 16.7. The van der Waals surface area contributed by atoms with E-state index < -0.39 is 64.5 Å². The second-order valence-electron chi connectivity index (χ2n) is 21.6. The molecule has 4 aliphatic carbocycles. The lowest BCUT2D eigenvalue weighted by Gasteiger charge is -2.58. The van der Waals surface area contributed by atoms with Crippen molar-refractivity contribution in [2.75, 3.05) is 19.8 Å². The summed E-state index contributed by atoms with van der Waals surface area (Å²) in [5.74, 6) is 0.705. The van der Waals surface area contributed by atoms with Crippen molar-refractivity contribution in [3.63, 3.8) is 0 Å². The van der Waals surface area contributed by atoms with Crippen molar-refractivity contribution in [1.82, 2.24) is 0 Å². The fraction of sp³-hybridized carbons (Fsp3) is 0.720. The smallest absolute Gasteiger partial charge is 0.338 e. The molecular formula is C50H68O13. The van der Waals surface area contributed by atoms with Crippen LogP contribution >= 0.6 is 0 Å². The lowest BCUT2D eigenvalue weighted by Crippen LogP contribution is -2.69. The molecule has 2 spiro atoms. The summed E-state index contributed by atoms with van der Waals surface area (Å²) in [5.41, 5.74) is -0.681. The zero-order chi connectivity index (χ0) is 45.1. The molecule has 17 atom stereocenters. The van der Waals surface area contributed by atoms with Crippen molar-refractivity contribution in [3.05, 3.63) is 59.7 Å². The predicted molar refractivity (Wildman–Crippen MR) is 229 cm³/mol. The molecule has 10 rings (SSSR count). The van der Waals surface area contributed by atoms with Crippen molar-refractivity contribution in [2.24, 2.45) is 33.5 Å². The van der Waals surface area contributed by atoms with Crippen LogP contribution < -0.4 is 0 Å². The van der Waals surface area contributed by atoms with E-state index in [1.807, 2.05) is 0 Å². The lowest BCUT2D eigenvalue weighted by molar-refractivity contribution is -0.251. The molecule has 7 fully saturated rings. The molecule has 9 aliphatic rings. The summed E-state index contributed by atoms with van der Waals surface area (Å²) in [6.07, 6.45) is 11.0. The van der Waals surface area contributed by atoms with E-state index >= 15 is 0 Å². The number of rotatable bonds is 3. The summed E-state index contributed by atoms with van der Waals surface area (Å²) in [6.45, 7) is 17.2. The fourth-order valence-electron chi connectivity index (χ4n) is 13.4. The minimum absolute atomic E-state index is 0.0139. The van der Waals surface area contributed by atoms with Gasteiger partial charge in [0.1, 0.15) is 53.7 Å². The molecule has 4 N–H and O–H groups in total. The van der Waals surface area contributed by atoms with Gasteiger partial charge in [0.15, 0.2) is 6.10 Å². The van der Waals surface area contributed by atoms with Crippen LogP contribution in [-0.2, 0) is 49.2 Å². The van der Waals surface area contributed by atoms with E-state index in [0.717, 1.165) is 18.4 Å². The molecule has 1 unspecified atom stereocenters. The minimum Gasteiger partial charge on any atom is -0.508 e. The molecule has 63 heavy (non-hydrogen) atoms. The van der Waals surface area contributed by atoms with Gasteiger partial charge in [0.2, 0.25) is 0 Å². The molecule has 3 saturated carbocycles. The van der Waals surface area contributed by atoms with Gasteiger partial charge in [-0.25, -0.2) is 9.59 Å². The first-order valence-electron chi connectivity index (χ1n) is 23.2. The Labute approximate surface area is 371 Å². The molecule has 5 heterocycles. The number of epoxide rings is 3. The number of ether oxygens (including phenoxy) is 7. The van der Waals surface area contributed by atoms with Crippen LogP contribution in [0.3, 0.4) is 0 Å². The molecule has 0 aromatic heterocycles. The Kier molecular flexibility index (Phi) is 11.0. The Balaban J connectivity index is 0.000000186. The number of carbonyl (C=O) groups is 2. The van der Waals surface area contributed by atoms with E-state index in [-0.39, 0.29) is 53.7 Å². The minimum atomic E-state index is -1.18. The first-order chi connectivity index (χ1) is 29.7. The van der Waals surface area contributed by atoms with E-state index in [1.165, 1.54) is 37.8 Å². The van der Waals surface area contributed by atoms with Crippen molar-refractivity contribution in [1.29, 1.82) is 0 Å². The molecule has 1 aromatic carbocycles. The van der Waals surface area contributed by atoms with Gasteiger partial charge >= 0.3 is 11.9 Å². The fourth-order valence-corrected chi connectivity index (χ4v) is 13.4. The summed E-state index contributed by atoms with van der Waals surface area (Å²) in [6, 6.07) is 4.92. The molecule has 13 heteroatoms. The van der Waals surface area contributed by atoms with E-state index in [4.69, 9.17) is 33.2 Å². The lowest BCUT2D eigenvalue weighted by atomic mass is 9.47. The third-order valence-corrected chi connectivity index (χ3v) is 18.3. The molecule has 1 aromatic rings. The zero-order valence-corrected chi connectivity index (χ0v) is 38.1. The quantitative estimate of drug-likeness (QED) is 0.117. The van der Waals surface area contributed by atoms with Gasteiger partial charge in [-0.2, -0.15) is 0 Å². The molecule has 5 aliphatic heterocycles. The number of esters is 2. The number of carbonyl (C=O) groups excluding carboxylic acids is 2. The van der Waals surface area contributed by atoms with Crippen LogP contribution in [0.2, 0.25) is 0 Å². The number of fused-ring (bicyclic) bond motifs is 4. The van der Waals surface area contributed by atoms with Crippen LogP contribution in [0.1, 0.15) is 106 Å². The topological polar surface area (TPSA) is 190 Å². The Morgan fingerprint density at radius 3 is 2.43 bits per heavy atom. The van der Waals surface area contributed by atoms with Crippen molar-refractivity contribution < 1.29 is 63.2 Å². The number of hydrogen-bond acceptors (Lipinski definition) is 13. The number of phenols is 2. The van der Waals surface area contributed by atoms with Crippen molar-refractivity contribution in [3.8, 4) is 11.5 Å². The zero-order valence-electron chi connectivity index (χ0n) is 38.1. The molecule has 13 nitrogen and oxygen atoms in total. The summed E-state index contributed by atoms with van der Waals surface area (Å²) >= 11 is 0.